The maximum Gasteiger partial charge on any atom is 0.224 e. The number of fused-ring (bicyclic) bond motifs is 1. The molecule has 7 heteroatoms. The SMILES string of the molecule is COc1ccc(N2CCN(CCCNC(=O)Cc3c[nH]c4ccc(OC)cc34)CC2)cc1. The van der Waals surface area contributed by atoms with Crippen molar-refractivity contribution >= 4 is 22.5 Å². The van der Waals surface area contributed by atoms with Gasteiger partial charge in [-0.15, -0.1) is 0 Å². The van der Waals surface area contributed by atoms with Crippen LogP contribution >= 0.6 is 0 Å². The second-order valence-electron chi connectivity index (χ2n) is 8.13. The summed E-state index contributed by atoms with van der Waals surface area (Å²) in [5.74, 6) is 1.74. The number of aromatic nitrogens is 1. The molecule has 4 rings (SSSR count). The fourth-order valence-corrected chi connectivity index (χ4v) is 4.22. The van der Waals surface area contributed by atoms with Crippen molar-refractivity contribution in [3.63, 3.8) is 0 Å². The van der Waals surface area contributed by atoms with Crippen LogP contribution in [0, 0.1) is 0 Å². The molecule has 32 heavy (non-hydrogen) atoms. The monoisotopic (exact) mass is 436 g/mol. The third-order valence-corrected chi connectivity index (χ3v) is 6.11. The number of nitrogens with zero attached hydrogens (tertiary/aromatic N) is 2. The number of piperazine rings is 1. The number of methoxy groups -OCH3 is 2. The largest absolute Gasteiger partial charge is 0.497 e. The second kappa shape index (κ2) is 10.4. The Balaban J connectivity index is 1.16. The van der Waals surface area contributed by atoms with Crippen molar-refractivity contribution in [2.24, 2.45) is 0 Å². The normalized spacial score (nSPS) is 14.5. The minimum absolute atomic E-state index is 0.0537. The summed E-state index contributed by atoms with van der Waals surface area (Å²) in [4.78, 5) is 20.5. The van der Waals surface area contributed by atoms with Gasteiger partial charge in [0, 0.05) is 55.5 Å². The number of aromatic amines is 1. The molecule has 1 aliphatic heterocycles. The Morgan fingerprint density at radius 2 is 1.72 bits per heavy atom. The molecule has 0 atom stereocenters. The van der Waals surface area contributed by atoms with Crippen molar-refractivity contribution in [2.75, 3.05) is 58.4 Å². The molecular weight excluding hydrogens is 404 g/mol. The summed E-state index contributed by atoms with van der Waals surface area (Å²) in [6.45, 7) is 5.81. The Kier molecular flexibility index (Phi) is 7.17. The van der Waals surface area contributed by atoms with E-state index >= 15 is 0 Å². The topological polar surface area (TPSA) is 69.8 Å². The van der Waals surface area contributed by atoms with Gasteiger partial charge in [-0.25, -0.2) is 0 Å². The van der Waals surface area contributed by atoms with Crippen LogP contribution in [0.4, 0.5) is 5.69 Å². The molecule has 7 nitrogen and oxygen atoms in total. The van der Waals surface area contributed by atoms with Crippen molar-refractivity contribution in [1.29, 1.82) is 0 Å². The van der Waals surface area contributed by atoms with Crippen molar-refractivity contribution in [3.05, 3.63) is 54.2 Å². The van der Waals surface area contributed by atoms with Gasteiger partial charge in [-0.1, -0.05) is 0 Å². The molecule has 0 aliphatic carbocycles. The van der Waals surface area contributed by atoms with Crippen LogP contribution in [-0.4, -0.2) is 69.3 Å². The van der Waals surface area contributed by atoms with Crippen LogP contribution in [-0.2, 0) is 11.2 Å². The van der Waals surface area contributed by atoms with E-state index in [2.05, 4.69) is 32.2 Å². The molecule has 3 aromatic rings. The number of H-pyrrole nitrogens is 1. The van der Waals surface area contributed by atoms with Gasteiger partial charge in [-0.05, 0) is 61.0 Å². The van der Waals surface area contributed by atoms with Crippen LogP contribution in [0.25, 0.3) is 10.9 Å². The highest BCUT2D eigenvalue weighted by molar-refractivity contribution is 5.89. The zero-order valence-corrected chi connectivity index (χ0v) is 18.9. The molecule has 1 fully saturated rings. The maximum atomic E-state index is 12.4. The maximum absolute atomic E-state index is 12.4. The van der Waals surface area contributed by atoms with Crippen LogP contribution in [0.2, 0.25) is 0 Å². The van der Waals surface area contributed by atoms with E-state index in [4.69, 9.17) is 9.47 Å². The first-order chi connectivity index (χ1) is 15.7. The first-order valence-electron chi connectivity index (χ1n) is 11.2. The number of rotatable bonds is 9. The molecule has 1 saturated heterocycles. The highest BCUT2D eigenvalue weighted by atomic mass is 16.5. The molecule has 0 bridgehead atoms. The van der Waals surface area contributed by atoms with Crippen molar-refractivity contribution in [1.82, 2.24) is 15.2 Å². The quantitative estimate of drug-likeness (QED) is 0.505. The Hall–Kier alpha value is -3.19. The second-order valence-corrected chi connectivity index (χ2v) is 8.13. The number of amides is 1. The number of carbonyl (C=O) groups is 1. The molecule has 0 unspecified atom stereocenters. The molecule has 0 spiro atoms. The molecule has 1 aromatic heterocycles. The molecule has 2 heterocycles. The molecule has 2 aromatic carbocycles. The fourth-order valence-electron chi connectivity index (χ4n) is 4.22. The average molecular weight is 437 g/mol. The van der Waals surface area contributed by atoms with Gasteiger partial charge in [0.2, 0.25) is 5.91 Å². The Labute approximate surface area is 189 Å². The Morgan fingerprint density at radius 1 is 1.00 bits per heavy atom. The average Bonchev–Trinajstić information content (AvgIpc) is 3.24. The molecule has 1 amide bonds. The summed E-state index contributed by atoms with van der Waals surface area (Å²) in [6, 6.07) is 14.1. The molecule has 0 radical (unpaired) electrons. The number of ether oxygens (including phenoxy) is 2. The minimum atomic E-state index is 0.0537. The summed E-state index contributed by atoms with van der Waals surface area (Å²) in [5, 5.41) is 4.10. The highest BCUT2D eigenvalue weighted by Gasteiger charge is 2.17. The number of anilines is 1. The van der Waals surface area contributed by atoms with E-state index in [1.165, 1.54) is 5.69 Å². The van der Waals surface area contributed by atoms with E-state index < -0.39 is 0 Å². The van der Waals surface area contributed by atoms with Crippen LogP contribution in [0.3, 0.4) is 0 Å². The van der Waals surface area contributed by atoms with Crippen LogP contribution in [0.1, 0.15) is 12.0 Å². The van der Waals surface area contributed by atoms with Crippen molar-refractivity contribution < 1.29 is 14.3 Å². The molecule has 170 valence electrons. The number of benzene rings is 2. The van der Waals surface area contributed by atoms with Gasteiger partial charge < -0.3 is 24.7 Å². The lowest BCUT2D eigenvalue weighted by molar-refractivity contribution is -0.120. The van der Waals surface area contributed by atoms with Crippen LogP contribution in [0.15, 0.2) is 48.7 Å². The molecular formula is C25H32N4O3. The third-order valence-electron chi connectivity index (χ3n) is 6.11. The lowest BCUT2D eigenvalue weighted by Gasteiger charge is -2.36. The van der Waals surface area contributed by atoms with E-state index in [0.717, 1.165) is 67.1 Å². The number of nitrogens with one attached hydrogen (secondary N) is 2. The lowest BCUT2D eigenvalue weighted by Crippen LogP contribution is -2.47. The number of hydrogen-bond donors (Lipinski definition) is 2. The highest BCUT2D eigenvalue weighted by Crippen LogP contribution is 2.24. The zero-order valence-electron chi connectivity index (χ0n) is 18.9. The predicted molar refractivity (Wildman–Crippen MR) is 128 cm³/mol. The first-order valence-corrected chi connectivity index (χ1v) is 11.2. The van der Waals surface area contributed by atoms with Gasteiger partial charge in [-0.3, -0.25) is 9.69 Å². The van der Waals surface area contributed by atoms with E-state index in [0.29, 0.717) is 13.0 Å². The van der Waals surface area contributed by atoms with Gasteiger partial charge in [0.25, 0.3) is 0 Å². The predicted octanol–water partition coefficient (Wildman–Crippen LogP) is 3.06. The fraction of sp³-hybridized carbons (Fsp3) is 0.400. The smallest absolute Gasteiger partial charge is 0.224 e. The molecule has 0 saturated carbocycles. The zero-order chi connectivity index (χ0) is 22.3. The summed E-state index contributed by atoms with van der Waals surface area (Å²) >= 11 is 0. The van der Waals surface area contributed by atoms with E-state index in [1.807, 2.05) is 36.5 Å². The van der Waals surface area contributed by atoms with Crippen LogP contribution in [0.5, 0.6) is 11.5 Å². The van der Waals surface area contributed by atoms with E-state index in [1.54, 1.807) is 14.2 Å². The van der Waals surface area contributed by atoms with Gasteiger partial charge in [0.15, 0.2) is 0 Å². The Morgan fingerprint density at radius 3 is 2.44 bits per heavy atom. The minimum Gasteiger partial charge on any atom is -0.497 e. The lowest BCUT2D eigenvalue weighted by atomic mass is 10.1. The summed E-state index contributed by atoms with van der Waals surface area (Å²) < 4.78 is 10.5. The third kappa shape index (κ3) is 5.34. The van der Waals surface area contributed by atoms with Gasteiger partial charge in [-0.2, -0.15) is 0 Å². The van der Waals surface area contributed by atoms with Gasteiger partial charge >= 0.3 is 0 Å². The summed E-state index contributed by atoms with van der Waals surface area (Å²) in [7, 11) is 3.34. The van der Waals surface area contributed by atoms with Gasteiger partial charge in [0.05, 0.1) is 20.6 Å². The standard InChI is InChI=1S/C25H32N4O3/c1-31-21-6-4-20(5-7-21)29-14-12-28(13-15-29)11-3-10-26-25(30)16-19-18-27-24-9-8-22(32-2)17-23(19)24/h4-9,17-18,27H,3,10-16H2,1-2H3,(H,26,30). The van der Waals surface area contributed by atoms with Gasteiger partial charge in [0.1, 0.15) is 11.5 Å². The number of hydrogen-bond acceptors (Lipinski definition) is 5. The van der Waals surface area contributed by atoms with Crippen molar-refractivity contribution in [3.8, 4) is 11.5 Å². The van der Waals surface area contributed by atoms with E-state index in [9.17, 15) is 4.79 Å². The van der Waals surface area contributed by atoms with Crippen molar-refractivity contribution in [2.45, 2.75) is 12.8 Å². The summed E-state index contributed by atoms with van der Waals surface area (Å²) in [6.07, 6.45) is 3.23. The molecule has 1 aliphatic rings. The first kappa shape index (κ1) is 22.0. The number of carbonyl (C=O) groups excluding carboxylic acids is 1. The summed E-state index contributed by atoms with van der Waals surface area (Å²) in [5.41, 5.74) is 3.25. The molecule has 2 N–H and O–H groups in total. The van der Waals surface area contributed by atoms with Crippen LogP contribution < -0.4 is 19.7 Å². The Bertz CT molecular complexity index is 1020. The van der Waals surface area contributed by atoms with E-state index in [-0.39, 0.29) is 5.91 Å².